The van der Waals surface area contributed by atoms with E-state index in [0.717, 1.165) is 25.9 Å². The molecule has 1 aromatic carbocycles. The number of carbonyl (C=O) groups excluding carboxylic acids is 1. The van der Waals surface area contributed by atoms with E-state index < -0.39 is 5.79 Å². The molecule has 3 heterocycles. The molecule has 1 aromatic heterocycles. The largest absolute Gasteiger partial charge is 0.355 e. The minimum Gasteiger partial charge on any atom is -0.355 e. The van der Waals surface area contributed by atoms with E-state index in [1.165, 1.54) is 12.3 Å². The lowest BCUT2D eigenvalue weighted by molar-refractivity contribution is -0.169. The van der Waals surface area contributed by atoms with Crippen molar-refractivity contribution in [3.63, 3.8) is 0 Å². The fraction of sp³-hybridized carbons (Fsp3) is 0.421. The van der Waals surface area contributed by atoms with Crippen LogP contribution in [0.3, 0.4) is 0 Å². The number of hydrogen-bond donors (Lipinski definition) is 1. The highest BCUT2D eigenvalue weighted by Crippen LogP contribution is 2.32. The topological polar surface area (TPSA) is 76.6 Å². The first-order valence-electron chi connectivity index (χ1n) is 9.02. The van der Waals surface area contributed by atoms with Gasteiger partial charge in [-0.3, -0.25) is 4.79 Å². The summed E-state index contributed by atoms with van der Waals surface area (Å²) in [6.07, 6.45) is 4.59. The highest BCUT2D eigenvalue weighted by atomic mass is 19.1. The highest BCUT2D eigenvalue weighted by Gasteiger charge is 2.40. The summed E-state index contributed by atoms with van der Waals surface area (Å²) in [5, 5.41) is 2.66. The maximum Gasteiger partial charge on any atom is 0.271 e. The molecular formula is C19H21FN4O3. The van der Waals surface area contributed by atoms with E-state index in [-0.39, 0.29) is 24.0 Å². The first kappa shape index (κ1) is 17.8. The standard InChI is InChI=1S/C19H21FN4O3/c20-15-4-2-1-3-14(15)11-23-18(25)16-12-22-17(13-21-16)24-7-5-19(6-8-24)26-9-10-27-19/h1-4,12-13H,5-11H2,(H,23,25). The normalized spacial score (nSPS) is 18.6. The molecule has 8 heteroatoms. The van der Waals surface area contributed by atoms with Crippen molar-refractivity contribution in [1.29, 1.82) is 0 Å². The van der Waals surface area contributed by atoms with Crippen LogP contribution in [-0.2, 0) is 16.0 Å². The van der Waals surface area contributed by atoms with Crippen LogP contribution in [0.15, 0.2) is 36.7 Å². The lowest BCUT2D eigenvalue weighted by atomic mass is 10.0. The molecule has 0 radical (unpaired) electrons. The van der Waals surface area contributed by atoms with Gasteiger partial charge in [-0.25, -0.2) is 14.4 Å². The number of aromatic nitrogens is 2. The third kappa shape index (κ3) is 3.91. The molecule has 2 aliphatic heterocycles. The smallest absolute Gasteiger partial charge is 0.271 e. The number of halogens is 1. The van der Waals surface area contributed by atoms with Gasteiger partial charge in [0, 0.05) is 38.0 Å². The Morgan fingerprint density at radius 1 is 1.15 bits per heavy atom. The third-order valence-electron chi connectivity index (χ3n) is 4.93. The molecule has 142 valence electrons. The highest BCUT2D eigenvalue weighted by molar-refractivity contribution is 5.91. The first-order chi connectivity index (χ1) is 13.2. The Balaban J connectivity index is 1.33. The molecule has 2 saturated heterocycles. The van der Waals surface area contributed by atoms with Gasteiger partial charge in [0.1, 0.15) is 17.3 Å². The quantitative estimate of drug-likeness (QED) is 0.883. The third-order valence-corrected chi connectivity index (χ3v) is 4.93. The summed E-state index contributed by atoms with van der Waals surface area (Å²) in [5.41, 5.74) is 0.625. The average Bonchev–Trinajstić information content (AvgIpc) is 3.16. The Hall–Kier alpha value is -2.58. The summed E-state index contributed by atoms with van der Waals surface area (Å²) < 4.78 is 25.1. The second kappa shape index (κ2) is 7.58. The predicted molar refractivity (Wildman–Crippen MR) is 95.7 cm³/mol. The van der Waals surface area contributed by atoms with Gasteiger partial charge >= 0.3 is 0 Å². The van der Waals surface area contributed by atoms with Gasteiger partial charge in [-0.2, -0.15) is 0 Å². The van der Waals surface area contributed by atoms with E-state index in [0.29, 0.717) is 24.6 Å². The van der Waals surface area contributed by atoms with Crippen LogP contribution in [0.1, 0.15) is 28.9 Å². The molecule has 2 aromatic rings. The van der Waals surface area contributed by atoms with Gasteiger partial charge in [0.05, 0.1) is 25.6 Å². The van der Waals surface area contributed by atoms with E-state index >= 15 is 0 Å². The molecule has 7 nitrogen and oxygen atoms in total. The van der Waals surface area contributed by atoms with Crippen molar-refractivity contribution in [2.24, 2.45) is 0 Å². The fourth-order valence-electron chi connectivity index (χ4n) is 3.37. The van der Waals surface area contributed by atoms with Crippen molar-refractivity contribution >= 4 is 11.7 Å². The van der Waals surface area contributed by atoms with Gasteiger partial charge < -0.3 is 19.7 Å². The first-order valence-corrected chi connectivity index (χ1v) is 9.02. The van der Waals surface area contributed by atoms with Crippen LogP contribution in [0.2, 0.25) is 0 Å². The van der Waals surface area contributed by atoms with E-state index in [1.54, 1.807) is 24.4 Å². The van der Waals surface area contributed by atoms with Crippen molar-refractivity contribution in [1.82, 2.24) is 15.3 Å². The van der Waals surface area contributed by atoms with E-state index in [1.807, 2.05) is 0 Å². The van der Waals surface area contributed by atoms with E-state index in [2.05, 4.69) is 20.2 Å². The van der Waals surface area contributed by atoms with Crippen molar-refractivity contribution in [3.8, 4) is 0 Å². The molecule has 0 atom stereocenters. The number of piperidine rings is 1. The maximum absolute atomic E-state index is 13.6. The van der Waals surface area contributed by atoms with E-state index in [9.17, 15) is 9.18 Å². The Morgan fingerprint density at radius 3 is 2.56 bits per heavy atom. The lowest BCUT2D eigenvalue weighted by Gasteiger charge is -2.37. The second-order valence-corrected chi connectivity index (χ2v) is 6.63. The number of nitrogens with one attached hydrogen (secondary N) is 1. The van der Waals surface area contributed by atoms with Crippen LogP contribution in [0.5, 0.6) is 0 Å². The van der Waals surface area contributed by atoms with Crippen molar-refractivity contribution in [3.05, 3.63) is 53.7 Å². The number of carbonyl (C=O) groups is 1. The van der Waals surface area contributed by atoms with Gasteiger partial charge in [0.25, 0.3) is 5.91 Å². The minimum absolute atomic E-state index is 0.100. The van der Waals surface area contributed by atoms with Gasteiger partial charge in [-0.05, 0) is 6.07 Å². The molecule has 4 rings (SSSR count). The zero-order valence-electron chi connectivity index (χ0n) is 14.9. The molecule has 27 heavy (non-hydrogen) atoms. The monoisotopic (exact) mass is 372 g/mol. The maximum atomic E-state index is 13.6. The number of nitrogens with zero attached hydrogens (tertiary/aromatic N) is 3. The number of benzene rings is 1. The van der Waals surface area contributed by atoms with Crippen molar-refractivity contribution < 1.29 is 18.7 Å². The Kier molecular flexibility index (Phi) is 5.00. The van der Waals surface area contributed by atoms with Crippen molar-refractivity contribution in [2.45, 2.75) is 25.2 Å². The van der Waals surface area contributed by atoms with Crippen LogP contribution in [0, 0.1) is 5.82 Å². The van der Waals surface area contributed by atoms with E-state index in [4.69, 9.17) is 9.47 Å². The van der Waals surface area contributed by atoms with Gasteiger partial charge in [-0.1, -0.05) is 18.2 Å². The van der Waals surface area contributed by atoms with Crippen LogP contribution in [0.25, 0.3) is 0 Å². The number of rotatable bonds is 4. The van der Waals surface area contributed by atoms with Gasteiger partial charge in [0.2, 0.25) is 0 Å². The Bertz CT molecular complexity index is 799. The molecule has 1 spiro atoms. The summed E-state index contributed by atoms with van der Waals surface area (Å²) in [7, 11) is 0. The van der Waals surface area contributed by atoms with Crippen LogP contribution in [-0.4, -0.2) is 48.0 Å². The van der Waals surface area contributed by atoms with Crippen LogP contribution < -0.4 is 10.2 Å². The molecule has 1 amide bonds. The number of amides is 1. The summed E-state index contributed by atoms with van der Waals surface area (Å²) in [6, 6.07) is 6.33. The summed E-state index contributed by atoms with van der Waals surface area (Å²) in [6.45, 7) is 2.91. The molecular weight excluding hydrogens is 351 g/mol. The van der Waals surface area contributed by atoms with Crippen LogP contribution >= 0.6 is 0 Å². The molecule has 0 bridgehead atoms. The number of ether oxygens (including phenoxy) is 2. The Labute approximate surface area is 156 Å². The average molecular weight is 372 g/mol. The molecule has 1 N–H and O–H groups in total. The zero-order chi connectivity index (χ0) is 18.7. The summed E-state index contributed by atoms with van der Waals surface area (Å²) >= 11 is 0. The molecule has 2 aliphatic rings. The van der Waals surface area contributed by atoms with Gasteiger partial charge in [0.15, 0.2) is 5.79 Å². The number of hydrogen-bond acceptors (Lipinski definition) is 6. The Morgan fingerprint density at radius 2 is 1.89 bits per heavy atom. The number of anilines is 1. The SMILES string of the molecule is O=C(NCc1ccccc1F)c1cnc(N2CCC3(CC2)OCCO3)cn1. The lowest BCUT2D eigenvalue weighted by Crippen LogP contribution is -2.45. The minimum atomic E-state index is -0.434. The second-order valence-electron chi connectivity index (χ2n) is 6.63. The molecule has 2 fully saturated rings. The summed E-state index contributed by atoms with van der Waals surface area (Å²) in [4.78, 5) is 22.9. The molecule has 0 saturated carbocycles. The molecule has 0 aliphatic carbocycles. The van der Waals surface area contributed by atoms with Gasteiger partial charge in [-0.15, -0.1) is 0 Å². The van der Waals surface area contributed by atoms with Crippen molar-refractivity contribution in [2.75, 3.05) is 31.2 Å². The van der Waals surface area contributed by atoms with Crippen LogP contribution in [0.4, 0.5) is 10.2 Å². The molecule has 0 unspecified atom stereocenters. The predicted octanol–water partition coefficient (Wildman–Crippen LogP) is 1.89. The zero-order valence-corrected chi connectivity index (χ0v) is 14.9. The summed E-state index contributed by atoms with van der Waals surface area (Å²) in [5.74, 6) is -0.454. The fourth-order valence-corrected chi connectivity index (χ4v) is 3.37.